The van der Waals surface area contributed by atoms with E-state index in [0.29, 0.717) is 5.82 Å². The van der Waals surface area contributed by atoms with Crippen LogP contribution in [0.4, 0.5) is 11.5 Å². The smallest absolute Gasteiger partial charge is 0.253 e. The van der Waals surface area contributed by atoms with Gasteiger partial charge >= 0.3 is 0 Å². The molecule has 0 aliphatic carbocycles. The lowest BCUT2D eigenvalue weighted by molar-refractivity contribution is 0.0793. The summed E-state index contributed by atoms with van der Waals surface area (Å²) in [6.07, 6.45) is 3.94. The summed E-state index contributed by atoms with van der Waals surface area (Å²) >= 11 is 0. The van der Waals surface area contributed by atoms with Crippen molar-refractivity contribution in [3.63, 3.8) is 0 Å². The van der Waals surface area contributed by atoms with Gasteiger partial charge in [0, 0.05) is 36.1 Å². The van der Waals surface area contributed by atoms with Crippen LogP contribution in [-0.2, 0) is 0 Å². The lowest BCUT2D eigenvalue weighted by Gasteiger charge is -2.15. The molecule has 0 radical (unpaired) electrons. The largest absolute Gasteiger partial charge is 0.340 e. The van der Waals surface area contributed by atoms with E-state index in [4.69, 9.17) is 0 Å². The van der Waals surface area contributed by atoms with Gasteiger partial charge in [-0.25, -0.2) is 9.97 Å². The Morgan fingerprint density at radius 1 is 0.923 bits per heavy atom. The van der Waals surface area contributed by atoms with Crippen LogP contribution in [0.3, 0.4) is 0 Å². The third-order valence-corrected chi connectivity index (χ3v) is 4.49. The summed E-state index contributed by atoms with van der Waals surface area (Å²) in [4.78, 5) is 23.2. The Balaban J connectivity index is 1.48. The molecule has 0 unspecified atom stereocenters. The Bertz CT molecular complexity index is 887. The number of amides is 1. The Morgan fingerprint density at radius 3 is 2.38 bits per heavy atom. The molecule has 0 spiro atoms. The van der Waals surface area contributed by atoms with Gasteiger partial charge in [0.25, 0.3) is 5.91 Å². The summed E-state index contributed by atoms with van der Waals surface area (Å²) in [6.45, 7) is 1.73. The molecule has 1 saturated heterocycles. The van der Waals surface area contributed by atoms with E-state index in [1.807, 2.05) is 65.6 Å². The van der Waals surface area contributed by atoms with Crippen LogP contribution in [0.5, 0.6) is 0 Å². The van der Waals surface area contributed by atoms with Crippen molar-refractivity contribution in [1.29, 1.82) is 0 Å². The monoisotopic (exact) mass is 344 g/mol. The summed E-state index contributed by atoms with van der Waals surface area (Å²) in [5, 5.41) is 3.27. The van der Waals surface area contributed by atoms with Crippen molar-refractivity contribution in [2.24, 2.45) is 0 Å². The van der Waals surface area contributed by atoms with Gasteiger partial charge in [-0.05, 0) is 43.2 Å². The minimum Gasteiger partial charge on any atom is -0.340 e. The Labute approximate surface area is 152 Å². The zero-order chi connectivity index (χ0) is 17.8. The van der Waals surface area contributed by atoms with Crippen molar-refractivity contribution < 1.29 is 4.79 Å². The molecule has 1 aliphatic heterocycles. The standard InChI is InChI=1S/C21H20N4O/c26-21(25-14-4-5-15-25)17-8-10-18(11-9-17)23-19-12-13-22-20(24-19)16-6-2-1-3-7-16/h1-3,6-13H,4-5,14-15H2,(H,22,23,24). The van der Waals surface area contributed by atoms with E-state index in [9.17, 15) is 4.79 Å². The molecule has 0 bridgehead atoms. The van der Waals surface area contributed by atoms with Gasteiger partial charge in [0.1, 0.15) is 5.82 Å². The number of likely N-dealkylation sites (tertiary alicyclic amines) is 1. The predicted octanol–water partition coefficient (Wildman–Crippen LogP) is 4.12. The molecule has 5 nitrogen and oxygen atoms in total. The van der Waals surface area contributed by atoms with E-state index < -0.39 is 0 Å². The molecule has 5 heteroatoms. The van der Waals surface area contributed by atoms with Crippen LogP contribution in [0.2, 0.25) is 0 Å². The van der Waals surface area contributed by atoms with E-state index in [2.05, 4.69) is 15.3 Å². The topological polar surface area (TPSA) is 58.1 Å². The number of aromatic nitrogens is 2. The highest BCUT2D eigenvalue weighted by atomic mass is 16.2. The molecular weight excluding hydrogens is 324 g/mol. The lowest BCUT2D eigenvalue weighted by atomic mass is 10.2. The number of benzene rings is 2. The van der Waals surface area contributed by atoms with Crippen LogP contribution in [0.15, 0.2) is 66.9 Å². The van der Waals surface area contributed by atoms with Crippen LogP contribution >= 0.6 is 0 Å². The molecule has 1 fully saturated rings. The molecule has 2 heterocycles. The molecule has 1 aliphatic rings. The van der Waals surface area contributed by atoms with Gasteiger partial charge in [0.05, 0.1) is 0 Å². The van der Waals surface area contributed by atoms with Gasteiger partial charge in [0.15, 0.2) is 5.82 Å². The van der Waals surface area contributed by atoms with Crippen molar-refractivity contribution >= 4 is 17.4 Å². The fourth-order valence-electron chi connectivity index (χ4n) is 3.10. The first-order chi connectivity index (χ1) is 12.8. The maximum Gasteiger partial charge on any atom is 0.253 e. The van der Waals surface area contributed by atoms with Crippen LogP contribution in [0.1, 0.15) is 23.2 Å². The average molecular weight is 344 g/mol. The number of nitrogens with one attached hydrogen (secondary N) is 1. The van der Waals surface area contributed by atoms with Crippen molar-refractivity contribution in [2.45, 2.75) is 12.8 Å². The van der Waals surface area contributed by atoms with E-state index in [0.717, 1.165) is 48.6 Å². The Kier molecular flexibility index (Phi) is 4.60. The Morgan fingerprint density at radius 2 is 1.65 bits per heavy atom. The van der Waals surface area contributed by atoms with Crippen LogP contribution in [0.25, 0.3) is 11.4 Å². The fourth-order valence-corrected chi connectivity index (χ4v) is 3.10. The van der Waals surface area contributed by atoms with Crippen LogP contribution in [-0.4, -0.2) is 33.9 Å². The van der Waals surface area contributed by atoms with E-state index in [1.54, 1.807) is 6.20 Å². The van der Waals surface area contributed by atoms with Crippen molar-refractivity contribution in [3.05, 3.63) is 72.4 Å². The quantitative estimate of drug-likeness (QED) is 0.773. The molecule has 0 saturated carbocycles. The van der Waals surface area contributed by atoms with Gasteiger partial charge in [-0.1, -0.05) is 30.3 Å². The minimum absolute atomic E-state index is 0.113. The SMILES string of the molecule is O=C(c1ccc(Nc2ccnc(-c3ccccc3)n2)cc1)N1CCCC1. The third kappa shape index (κ3) is 3.57. The number of carbonyl (C=O) groups is 1. The molecule has 1 aromatic heterocycles. The summed E-state index contributed by atoms with van der Waals surface area (Å²) in [5.74, 6) is 1.51. The highest BCUT2D eigenvalue weighted by Crippen LogP contribution is 2.20. The van der Waals surface area contributed by atoms with Gasteiger partial charge < -0.3 is 10.2 Å². The number of carbonyl (C=O) groups excluding carboxylic acids is 1. The van der Waals surface area contributed by atoms with E-state index in [-0.39, 0.29) is 5.91 Å². The maximum atomic E-state index is 12.4. The maximum absolute atomic E-state index is 12.4. The molecule has 26 heavy (non-hydrogen) atoms. The summed E-state index contributed by atoms with van der Waals surface area (Å²) in [6, 6.07) is 19.2. The van der Waals surface area contributed by atoms with Gasteiger partial charge in [-0.3, -0.25) is 4.79 Å². The number of anilines is 2. The van der Waals surface area contributed by atoms with Gasteiger partial charge in [-0.2, -0.15) is 0 Å². The lowest BCUT2D eigenvalue weighted by Crippen LogP contribution is -2.27. The average Bonchev–Trinajstić information content (AvgIpc) is 3.24. The number of hydrogen-bond donors (Lipinski definition) is 1. The molecule has 1 N–H and O–H groups in total. The molecule has 1 amide bonds. The molecule has 0 atom stereocenters. The first kappa shape index (κ1) is 16.3. The van der Waals surface area contributed by atoms with E-state index >= 15 is 0 Å². The second-order valence-electron chi connectivity index (χ2n) is 6.33. The predicted molar refractivity (Wildman–Crippen MR) is 102 cm³/mol. The summed E-state index contributed by atoms with van der Waals surface area (Å²) in [7, 11) is 0. The highest BCUT2D eigenvalue weighted by Gasteiger charge is 2.19. The van der Waals surface area contributed by atoms with Crippen molar-refractivity contribution in [3.8, 4) is 11.4 Å². The Hall–Kier alpha value is -3.21. The van der Waals surface area contributed by atoms with Gasteiger partial charge in [-0.15, -0.1) is 0 Å². The molecule has 2 aromatic carbocycles. The highest BCUT2D eigenvalue weighted by molar-refractivity contribution is 5.94. The van der Waals surface area contributed by atoms with Crippen LogP contribution in [0, 0.1) is 0 Å². The zero-order valence-corrected chi connectivity index (χ0v) is 14.4. The minimum atomic E-state index is 0.113. The number of nitrogens with zero attached hydrogens (tertiary/aromatic N) is 3. The summed E-state index contributed by atoms with van der Waals surface area (Å²) in [5.41, 5.74) is 2.59. The normalized spacial score (nSPS) is 13.6. The van der Waals surface area contributed by atoms with Gasteiger partial charge in [0.2, 0.25) is 0 Å². The second-order valence-corrected chi connectivity index (χ2v) is 6.33. The van der Waals surface area contributed by atoms with Crippen LogP contribution < -0.4 is 5.32 Å². The third-order valence-electron chi connectivity index (χ3n) is 4.49. The first-order valence-corrected chi connectivity index (χ1v) is 8.84. The molecular formula is C21H20N4O. The molecule has 3 aromatic rings. The fraction of sp³-hybridized carbons (Fsp3) is 0.190. The number of rotatable bonds is 4. The second kappa shape index (κ2) is 7.35. The molecule has 4 rings (SSSR count). The number of hydrogen-bond acceptors (Lipinski definition) is 4. The first-order valence-electron chi connectivity index (χ1n) is 8.84. The van der Waals surface area contributed by atoms with Crippen molar-refractivity contribution in [1.82, 2.24) is 14.9 Å². The zero-order valence-electron chi connectivity index (χ0n) is 14.4. The molecule has 130 valence electrons. The van der Waals surface area contributed by atoms with Crippen molar-refractivity contribution in [2.75, 3.05) is 18.4 Å². The van der Waals surface area contributed by atoms with E-state index in [1.165, 1.54) is 0 Å². The summed E-state index contributed by atoms with van der Waals surface area (Å²) < 4.78 is 0.